The van der Waals surface area contributed by atoms with Crippen LogP contribution in [0.2, 0.25) is 5.02 Å². The van der Waals surface area contributed by atoms with E-state index in [1.54, 1.807) is 18.2 Å². The molecule has 2 aromatic carbocycles. The van der Waals surface area contributed by atoms with Crippen molar-refractivity contribution in [3.8, 4) is 11.5 Å². The predicted octanol–water partition coefficient (Wildman–Crippen LogP) is 5.61. The van der Waals surface area contributed by atoms with Crippen molar-refractivity contribution in [2.24, 2.45) is 5.92 Å². The number of aliphatic hydroxyl groups is 1. The van der Waals surface area contributed by atoms with Gasteiger partial charge in [-0.15, -0.1) is 0 Å². The zero-order valence-corrected chi connectivity index (χ0v) is 20.2. The van der Waals surface area contributed by atoms with Crippen LogP contribution in [0.1, 0.15) is 51.3 Å². The molecule has 1 saturated heterocycles. The van der Waals surface area contributed by atoms with Gasteiger partial charge >= 0.3 is 0 Å². The van der Waals surface area contributed by atoms with Crippen molar-refractivity contribution in [2.75, 3.05) is 19.8 Å². The Morgan fingerprint density at radius 2 is 1.88 bits per heavy atom. The Balaban J connectivity index is 2.12. The molecule has 0 aliphatic carbocycles. The molecular weight excluding hydrogens is 442 g/mol. The summed E-state index contributed by atoms with van der Waals surface area (Å²) in [6.45, 7) is 9.20. The molecule has 7 heteroatoms. The van der Waals surface area contributed by atoms with E-state index in [1.807, 2.05) is 38.1 Å². The van der Waals surface area contributed by atoms with Gasteiger partial charge in [-0.3, -0.25) is 9.59 Å². The number of aliphatic hydroxyl groups excluding tert-OH is 1. The lowest BCUT2D eigenvalue weighted by Crippen LogP contribution is -2.30. The van der Waals surface area contributed by atoms with E-state index in [9.17, 15) is 14.7 Å². The number of rotatable bonds is 9. The highest BCUT2D eigenvalue weighted by Gasteiger charge is 2.45. The van der Waals surface area contributed by atoms with Crippen LogP contribution in [-0.4, -0.2) is 41.5 Å². The maximum absolute atomic E-state index is 13.1. The van der Waals surface area contributed by atoms with Crippen molar-refractivity contribution < 1.29 is 24.2 Å². The zero-order chi connectivity index (χ0) is 24.1. The summed E-state index contributed by atoms with van der Waals surface area (Å²) in [4.78, 5) is 27.5. The largest absolute Gasteiger partial charge is 0.507 e. The summed E-state index contributed by atoms with van der Waals surface area (Å²) in [5.74, 6) is -0.213. The molecule has 0 spiro atoms. The van der Waals surface area contributed by atoms with E-state index in [4.69, 9.17) is 21.1 Å². The lowest BCUT2D eigenvalue weighted by Gasteiger charge is -2.25. The van der Waals surface area contributed by atoms with E-state index in [1.165, 1.54) is 4.90 Å². The first-order chi connectivity index (χ1) is 15.8. The maximum Gasteiger partial charge on any atom is 0.295 e. The second-order valence-corrected chi connectivity index (χ2v) is 8.76. The van der Waals surface area contributed by atoms with Gasteiger partial charge in [-0.1, -0.05) is 44.5 Å². The number of hydrogen-bond donors (Lipinski definition) is 1. The number of carbonyl (C=O) groups excluding carboxylic acids is 2. The minimum atomic E-state index is -0.723. The first-order valence-corrected chi connectivity index (χ1v) is 11.6. The predicted molar refractivity (Wildman–Crippen MR) is 129 cm³/mol. The highest BCUT2D eigenvalue weighted by Crippen LogP contribution is 2.41. The summed E-state index contributed by atoms with van der Waals surface area (Å²) in [6, 6.07) is 11.4. The van der Waals surface area contributed by atoms with Crippen molar-refractivity contribution >= 4 is 29.1 Å². The van der Waals surface area contributed by atoms with Crippen molar-refractivity contribution in [3.05, 3.63) is 64.2 Å². The summed E-state index contributed by atoms with van der Waals surface area (Å²) in [5.41, 5.74) is 1.10. The van der Waals surface area contributed by atoms with Crippen LogP contribution in [0.15, 0.2) is 48.0 Å². The summed E-state index contributed by atoms with van der Waals surface area (Å²) in [6.07, 6.45) is 0.669. The molecule has 0 radical (unpaired) electrons. The topological polar surface area (TPSA) is 76.1 Å². The fraction of sp³-hybridized carbons (Fsp3) is 0.385. The molecule has 0 saturated carbocycles. The minimum absolute atomic E-state index is 0.0410. The average Bonchev–Trinajstić information content (AvgIpc) is 3.04. The third-order valence-electron chi connectivity index (χ3n) is 5.27. The number of Topliss-reactive ketones (excluding diaryl/α,β-unsaturated/α-hetero) is 1. The standard InChI is InChI=1S/C26H30ClNO5/c1-5-12-28-23(17-8-7-9-19(13-17)33-15-16(3)4)22(25(30)26(28)31)24(29)18-10-11-20(27)21(14-18)32-6-2/h7-11,13-14,16,23,29H,5-6,12,15H2,1-4H3/b24-22-. The maximum atomic E-state index is 13.1. The van der Waals surface area contributed by atoms with Gasteiger partial charge in [0.1, 0.15) is 17.3 Å². The van der Waals surface area contributed by atoms with Gasteiger partial charge in [0.05, 0.1) is 29.9 Å². The fourth-order valence-electron chi connectivity index (χ4n) is 3.81. The van der Waals surface area contributed by atoms with E-state index in [-0.39, 0.29) is 11.3 Å². The van der Waals surface area contributed by atoms with Gasteiger partial charge in [0.15, 0.2) is 0 Å². The van der Waals surface area contributed by atoms with Gasteiger partial charge in [0, 0.05) is 12.1 Å². The Kier molecular flexibility index (Phi) is 8.03. The van der Waals surface area contributed by atoms with Gasteiger partial charge in [0.2, 0.25) is 0 Å². The molecule has 3 rings (SSSR count). The summed E-state index contributed by atoms with van der Waals surface area (Å²) in [5, 5.41) is 11.6. The minimum Gasteiger partial charge on any atom is -0.507 e. The number of nitrogens with zero attached hydrogens (tertiary/aromatic N) is 1. The lowest BCUT2D eigenvalue weighted by atomic mass is 9.95. The number of carbonyl (C=O) groups is 2. The summed E-state index contributed by atoms with van der Waals surface area (Å²) < 4.78 is 11.4. The second kappa shape index (κ2) is 10.8. The molecule has 176 valence electrons. The van der Waals surface area contributed by atoms with Crippen LogP contribution >= 0.6 is 11.6 Å². The smallest absolute Gasteiger partial charge is 0.295 e. The van der Waals surface area contributed by atoms with Gasteiger partial charge in [-0.2, -0.15) is 0 Å². The number of amides is 1. The van der Waals surface area contributed by atoms with Crippen molar-refractivity contribution in [3.63, 3.8) is 0 Å². The highest BCUT2D eigenvalue weighted by molar-refractivity contribution is 6.46. The molecule has 1 unspecified atom stereocenters. The van der Waals surface area contributed by atoms with E-state index in [2.05, 4.69) is 13.8 Å². The van der Waals surface area contributed by atoms with Crippen LogP contribution in [0.5, 0.6) is 11.5 Å². The summed E-state index contributed by atoms with van der Waals surface area (Å²) in [7, 11) is 0. The quantitative estimate of drug-likeness (QED) is 0.292. The molecule has 0 bridgehead atoms. The third kappa shape index (κ3) is 5.33. The van der Waals surface area contributed by atoms with Crippen molar-refractivity contribution in [2.45, 2.75) is 40.2 Å². The normalized spacial score (nSPS) is 17.6. The first-order valence-electron chi connectivity index (χ1n) is 11.2. The Morgan fingerprint density at radius 3 is 2.55 bits per heavy atom. The number of hydrogen-bond acceptors (Lipinski definition) is 5. The molecule has 1 atom stereocenters. The van der Waals surface area contributed by atoms with Crippen LogP contribution in [0.25, 0.3) is 5.76 Å². The van der Waals surface area contributed by atoms with Crippen LogP contribution in [0, 0.1) is 5.92 Å². The van der Waals surface area contributed by atoms with Crippen molar-refractivity contribution in [1.29, 1.82) is 0 Å². The van der Waals surface area contributed by atoms with E-state index in [0.717, 1.165) is 0 Å². The van der Waals surface area contributed by atoms with Crippen LogP contribution in [0.3, 0.4) is 0 Å². The van der Waals surface area contributed by atoms with E-state index in [0.29, 0.717) is 59.7 Å². The average molecular weight is 472 g/mol. The van der Waals surface area contributed by atoms with Gasteiger partial charge < -0.3 is 19.5 Å². The molecule has 1 heterocycles. The van der Waals surface area contributed by atoms with E-state index < -0.39 is 17.7 Å². The van der Waals surface area contributed by atoms with Crippen LogP contribution < -0.4 is 9.47 Å². The number of ether oxygens (including phenoxy) is 2. The Labute approximate surface area is 199 Å². The Hall–Kier alpha value is -2.99. The van der Waals surface area contributed by atoms with Gasteiger partial charge in [-0.05, 0) is 55.2 Å². The molecule has 0 aromatic heterocycles. The first kappa shape index (κ1) is 24.6. The monoisotopic (exact) mass is 471 g/mol. The fourth-order valence-corrected chi connectivity index (χ4v) is 3.98. The van der Waals surface area contributed by atoms with Gasteiger partial charge in [0.25, 0.3) is 11.7 Å². The Morgan fingerprint density at radius 1 is 1.12 bits per heavy atom. The molecule has 1 N–H and O–H groups in total. The van der Waals surface area contributed by atoms with Crippen LogP contribution in [0.4, 0.5) is 0 Å². The number of halogens is 1. The second-order valence-electron chi connectivity index (χ2n) is 8.35. The van der Waals surface area contributed by atoms with Crippen LogP contribution in [-0.2, 0) is 9.59 Å². The molecule has 1 aliphatic heterocycles. The number of ketones is 1. The molecular formula is C26H30ClNO5. The zero-order valence-electron chi connectivity index (χ0n) is 19.4. The molecule has 6 nitrogen and oxygen atoms in total. The lowest BCUT2D eigenvalue weighted by molar-refractivity contribution is -0.139. The molecule has 1 amide bonds. The third-order valence-corrected chi connectivity index (χ3v) is 5.58. The SMILES string of the molecule is CCCN1C(=O)C(=O)/C(=C(\O)c2ccc(Cl)c(OCC)c2)C1c1cccc(OCC(C)C)c1. The van der Waals surface area contributed by atoms with E-state index >= 15 is 0 Å². The molecule has 33 heavy (non-hydrogen) atoms. The number of likely N-dealkylation sites (tertiary alicyclic amines) is 1. The highest BCUT2D eigenvalue weighted by atomic mass is 35.5. The van der Waals surface area contributed by atoms with Gasteiger partial charge in [-0.25, -0.2) is 0 Å². The Bertz CT molecular complexity index is 1060. The molecule has 1 aliphatic rings. The number of benzene rings is 2. The van der Waals surface area contributed by atoms with Crippen molar-refractivity contribution in [1.82, 2.24) is 4.90 Å². The molecule has 1 fully saturated rings. The molecule has 2 aromatic rings. The summed E-state index contributed by atoms with van der Waals surface area (Å²) >= 11 is 6.18.